The number of carbonyl (C=O) groups excluding carboxylic acids is 1. The summed E-state index contributed by atoms with van der Waals surface area (Å²) in [5, 5.41) is 4.19. The van der Waals surface area contributed by atoms with Crippen molar-refractivity contribution in [3.63, 3.8) is 0 Å². The van der Waals surface area contributed by atoms with Crippen LogP contribution in [0.4, 0.5) is 8.78 Å². The molecule has 0 aliphatic carbocycles. The molecule has 0 saturated carbocycles. The Kier molecular flexibility index (Phi) is 6.44. The smallest absolute Gasteiger partial charge is 0.254 e. The van der Waals surface area contributed by atoms with Gasteiger partial charge in [-0.1, -0.05) is 35.5 Å². The Morgan fingerprint density at radius 1 is 1.06 bits per heavy atom. The first-order valence-electron chi connectivity index (χ1n) is 10.2. The number of rotatable bonds is 7. The summed E-state index contributed by atoms with van der Waals surface area (Å²) >= 11 is 0. The lowest BCUT2D eigenvalue weighted by Crippen LogP contribution is -2.37. The number of nitrogens with zero attached hydrogens (tertiary/aromatic N) is 2. The summed E-state index contributed by atoms with van der Waals surface area (Å²) in [6, 6.07) is 19.1. The Morgan fingerprint density at radius 2 is 1.78 bits per heavy atom. The van der Waals surface area contributed by atoms with Crippen LogP contribution in [0.1, 0.15) is 27.9 Å². The van der Waals surface area contributed by atoms with Gasteiger partial charge in [-0.15, -0.1) is 0 Å². The molecule has 3 aromatic rings. The average molecular weight is 436 g/mol. The van der Waals surface area contributed by atoms with Gasteiger partial charge < -0.3 is 14.5 Å². The first-order valence-corrected chi connectivity index (χ1v) is 10.2. The van der Waals surface area contributed by atoms with Gasteiger partial charge in [0, 0.05) is 29.7 Å². The maximum Gasteiger partial charge on any atom is 0.254 e. The normalized spacial score (nSPS) is 15.1. The number of carbonyl (C=O) groups is 1. The highest BCUT2D eigenvalue weighted by atomic mass is 19.1. The van der Waals surface area contributed by atoms with E-state index in [1.165, 1.54) is 35.2 Å². The fraction of sp³-hybridized carbons (Fsp3) is 0.200. The summed E-state index contributed by atoms with van der Waals surface area (Å²) in [6.07, 6.45) is 0.0521. The molecule has 1 heterocycles. The lowest BCUT2D eigenvalue weighted by molar-refractivity contribution is 0.0403. The third-order valence-corrected chi connectivity index (χ3v) is 5.27. The third kappa shape index (κ3) is 4.77. The number of amides is 1. The van der Waals surface area contributed by atoms with Gasteiger partial charge in [-0.3, -0.25) is 4.79 Å². The molecule has 3 aromatic carbocycles. The van der Waals surface area contributed by atoms with Gasteiger partial charge in [0.25, 0.3) is 5.91 Å². The second-order valence-electron chi connectivity index (χ2n) is 7.45. The number of ether oxygens (including phenoxy) is 1. The Hall–Kier alpha value is -3.74. The highest BCUT2D eigenvalue weighted by Gasteiger charge is 2.29. The highest BCUT2D eigenvalue weighted by Crippen LogP contribution is 2.25. The molecule has 0 aromatic heterocycles. The highest BCUT2D eigenvalue weighted by molar-refractivity contribution is 6.03. The second-order valence-corrected chi connectivity index (χ2v) is 7.45. The van der Waals surface area contributed by atoms with E-state index in [4.69, 9.17) is 9.57 Å². The van der Waals surface area contributed by atoms with Crippen molar-refractivity contribution in [1.82, 2.24) is 4.90 Å². The molecule has 1 amide bonds. The monoisotopic (exact) mass is 436 g/mol. The number of hydrogen-bond acceptors (Lipinski definition) is 4. The molecule has 1 atom stereocenters. The zero-order valence-electron chi connectivity index (χ0n) is 17.5. The maximum absolute atomic E-state index is 14.3. The quantitative estimate of drug-likeness (QED) is 0.534. The van der Waals surface area contributed by atoms with Crippen molar-refractivity contribution in [2.75, 3.05) is 13.7 Å². The summed E-state index contributed by atoms with van der Waals surface area (Å²) < 4.78 is 33.0. The van der Waals surface area contributed by atoms with E-state index in [1.54, 1.807) is 25.3 Å². The van der Waals surface area contributed by atoms with E-state index in [0.717, 1.165) is 5.56 Å². The van der Waals surface area contributed by atoms with Crippen LogP contribution in [0.25, 0.3) is 0 Å². The fourth-order valence-corrected chi connectivity index (χ4v) is 3.64. The lowest BCUT2D eigenvalue weighted by atomic mass is 10.0. The molecule has 5 nitrogen and oxygen atoms in total. The van der Waals surface area contributed by atoms with Crippen LogP contribution in [0.5, 0.6) is 5.75 Å². The largest absolute Gasteiger partial charge is 0.496 e. The van der Waals surface area contributed by atoms with Crippen LogP contribution in [0, 0.1) is 11.6 Å². The SMILES string of the molecule is COc1ccccc1C1=NOC(CN(Cc2ccccc2F)C(=O)c2ccc(F)cc2)C1. The molecule has 32 heavy (non-hydrogen) atoms. The maximum atomic E-state index is 14.3. The topological polar surface area (TPSA) is 51.1 Å². The van der Waals surface area contributed by atoms with Crippen LogP contribution in [0.15, 0.2) is 78.0 Å². The predicted molar refractivity (Wildman–Crippen MR) is 117 cm³/mol. The van der Waals surface area contributed by atoms with Crippen LogP contribution in [0.3, 0.4) is 0 Å². The van der Waals surface area contributed by atoms with Crippen molar-refractivity contribution in [3.8, 4) is 5.75 Å². The van der Waals surface area contributed by atoms with E-state index in [0.29, 0.717) is 29.0 Å². The van der Waals surface area contributed by atoms with Crippen molar-refractivity contribution in [2.45, 2.75) is 19.1 Å². The van der Waals surface area contributed by atoms with E-state index >= 15 is 0 Å². The first-order chi connectivity index (χ1) is 15.5. The van der Waals surface area contributed by atoms with Crippen molar-refractivity contribution in [1.29, 1.82) is 0 Å². The molecule has 0 bridgehead atoms. The summed E-state index contributed by atoms with van der Waals surface area (Å²) in [5.74, 6) is -0.498. The number of methoxy groups -OCH3 is 1. The molecule has 1 aliphatic rings. The van der Waals surface area contributed by atoms with Crippen molar-refractivity contribution in [3.05, 3.63) is 101 Å². The Morgan fingerprint density at radius 3 is 2.53 bits per heavy atom. The first kappa shape index (κ1) is 21.5. The minimum Gasteiger partial charge on any atom is -0.496 e. The van der Waals surface area contributed by atoms with Crippen LogP contribution >= 0.6 is 0 Å². The minimum absolute atomic E-state index is 0.0483. The van der Waals surface area contributed by atoms with Crippen LogP contribution in [-0.2, 0) is 11.4 Å². The van der Waals surface area contributed by atoms with Crippen LogP contribution < -0.4 is 4.74 Å². The molecule has 1 aliphatic heterocycles. The summed E-state index contributed by atoms with van der Waals surface area (Å²) in [5.41, 5.74) is 2.23. The lowest BCUT2D eigenvalue weighted by Gasteiger charge is -2.25. The molecule has 4 rings (SSSR count). The Balaban J connectivity index is 1.53. The van der Waals surface area contributed by atoms with Gasteiger partial charge in [0.05, 0.1) is 19.4 Å². The number of hydrogen-bond donors (Lipinski definition) is 0. The fourth-order valence-electron chi connectivity index (χ4n) is 3.64. The zero-order valence-corrected chi connectivity index (χ0v) is 17.5. The number of halogens is 2. The van der Waals surface area contributed by atoms with Crippen molar-refractivity contribution >= 4 is 11.6 Å². The predicted octanol–water partition coefficient (Wildman–Crippen LogP) is 4.81. The van der Waals surface area contributed by atoms with Gasteiger partial charge in [0.15, 0.2) is 6.10 Å². The molecule has 0 saturated heterocycles. The number of para-hydroxylation sites is 1. The third-order valence-electron chi connectivity index (χ3n) is 5.27. The second kappa shape index (κ2) is 9.60. The summed E-state index contributed by atoms with van der Waals surface area (Å²) in [6.45, 7) is 0.236. The zero-order chi connectivity index (χ0) is 22.5. The van der Waals surface area contributed by atoms with E-state index in [2.05, 4.69) is 5.16 Å². The summed E-state index contributed by atoms with van der Waals surface area (Å²) in [7, 11) is 1.59. The molecule has 7 heteroatoms. The van der Waals surface area contributed by atoms with Gasteiger partial charge in [-0.05, 0) is 42.5 Å². The minimum atomic E-state index is -0.434. The molecular formula is C25H22F2N2O3. The molecule has 0 radical (unpaired) electrons. The summed E-state index contributed by atoms with van der Waals surface area (Å²) in [4.78, 5) is 20.3. The Bertz CT molecular complexity index is 1130. The van der Waals surface area contributed by atoms with E-state index in [1.807, 2.05) is 24.3 Å². The van der Waals surface area contributed by atoms with Gasteiger partial charge in [-0.25, -0.2) is 8.78 Å². The van der Waals surface area contributed by atoms with Crippen molar-refractivity contribution in [2.24, 2.45) is 5.16 Å². The van der Waals surface area contributed by atoms with Crippen LogP contribution in [-0.4, -0.2) is 36.3 Å². The van der Waals surface area contributed by atoms with E-state index in [9.17, 15) is 13.6 Å². The molecule has 1 unspecified atom stereocenters. The van der Waals surface area contributed by atoms with Gasteiger partial charge >= 0.3 is 0 Å². The number of oxime groups is 1. The molecule has 0 fully saturated rings. The molecular weight excluding hydrogens is 414 g/mol. The van der Waals surface area contributed by atoms with Gasteiger partial charge in [-0.2, -0.15) is 0 Å². The molecule has 0 N–H and O–H groups in total. The van der Waals surface area contributed by atoms with Crippen molar-refractivity contribution < 1.29 is 23.1 Å². The van der Waals surface area contributed by atoms with Crippen LogP contribution in [0.2, 0.25) is 0 Å². The molecule has 164 valence electrons. The average Bonchev–Trinajstić information content (AvgIpc) is 3.28. The number of benzene rings is 3. The van der Waals surface area contributed by atoms with Gasteiger partial charge in [0.2, 0.25) is 0 Å². The van der Waals surface area contributed by atoms with E-state index in [-0.39, 0.29) is 19.0 Å². The standard InChI is InChI=1S/C25H22F2N2O3/c1-31-24-9-5-3-7-21(24)23-14-20(32-28-23)16-29(15-18-6-2-4-8-22(18)27)25(30)17-10-12-19(26)13-11-17/h2-13,20H,14-16H2,1H3. The van der Waals surface area contributed by atoms with Gasteiger partial charge in [0.1, 0.15) is 17.4 Å². The molecule has 0 spiro atoms. The Labute approximate surface area is 184 Å². The van der Waals surface area contributed by atoms with E-state index < -0.39 is 17.7 Å².